The van der Waals surface area contributed by atoms with Crippen LogP contribution in [0.25, 0.3) is 11.3 Å². The highest BCUT2D eigenvalue weighted by Crippen LogP contribution is 2.45. The minimum absolute atomic E-state index is 0.0780. The van der Waals surface area contributed by atoms with Crippen LogP contribution in [0.4, 0.5) is 0 Å². The third kappa shape index (κ3) is 2.79. The van der Waals surface area contributed by atoms with E-state index < -0.39 is 17.3 Å². The molecule has 0 atom stereocenters. The van der Waals surface area contributed by atoms with E-state index in [-0.39, 0.29) is 12.2 Å². The van der Waals surface area contributed by atoms with Crippen LogP contribution in [-0.4, -0.2) is 41.7 Å². The van der Waals surface area contributed by atoms with Crippen LogP contribution in [-0.2, 0) is 4.79 Å². The fraction of sp³-hybridized carbons (Fsp3) is 0.353. The van der Waals surface area contributed by atoms with Crippen molar-refractivity contribution in [2.45, 2.75) is 12.8 Å². The van der Waals surface area contributed by atoms with Crippen molar-refractivity contribution in [3.63, 3.8) is 0 Å². The Bertz CT molecular complexity index is 839. The van der Waals surface area contributed by atoms with Gasteiger partial charge in [-0.1, -0.05) is 0 Å². The van der Waals surface area contributed by atoms with Crippen molar-refractivity contribution in [2.75, 3.05) is 19.8 Å². The normalized spacial score (nSPS) is 17.0. The molecule has 0 spiro atoms. The van der Waals surface area contributed by atoms with Crippen molar-refractivity contribution in [1.82, 2.24) is 10.3 Å². The van der Waals surface area contributed by atoms with Gasteiger partial charge in [-0.3, -0.25) is 9.59 Å². The number of rotatable bonds is 5. The first kappa shape index (κ1) is 15.5. The molecule has 1 fully saturated rings. The number of carbonyl (C=O) groups is 2. The van der Waals surface area contributed by atoms with E-state index in [0.29, 0.717) is 48.9 Å². The molecule has 25 heavy (non-hydrogen) atoms. The number of aliphatic carboxylic acids is 1. The molecule has 2 N–H and O–H groups in total. The average molecular weight is 344 g/mol. The van der Waals surface area contributed by atoms with Gasteiger partial charge in [0.05, 0.1) is 5.41 Å². The molecule has 1 aliphatic heterocycles. The second kappa shape index (κ2) is 5.80. The minimum atomic E-state index is -0.889. The highest BCUT2D eigenvalue weighted by Gasteiger charge is 2.50. The van der Waals surface area contributed by atoms with Crippen LogP contribution in [0.2, 0.25) is 0 Å². The van der Waals surface area contributed by atoms with Gasteiger partial charge in [0.15, 0.2) is 29.3 Å². The van der Waals surface area contributed by atoms with E-state index in [1.165, 1.54) is 6.39 Å². The molecule has 8 heteroatoms. The first-order valence-electron chi connectivity index (χ1n) is 7.94. The number of benzene rings is 1. The minimum Gasteiger partial charge on any atom is -0.486 e. The Morgan fingerprint density at radius 1 is 1.20 bits per heavy atom. The zero-order chi connectivity index (χ0) is 17.4. The SMILES string of the molecule is O=C(NCC1(C(=O)O)CC1)c1ncoc1-c1ccc2c(c1)OCCO2. The summed E-state index contributed by atoms with van der Waals surface area (Å²) >= 11 is 0. The van der Waals surface area contributed by atoms with Crippen molar-refractivity contribution in [3.05, 3.63) is 30.3 Å². The number of fused-ring (bicyclic) bond motifs is 1. The molecule has 2 heterocycles. The third-order valence-corrected chi connectivity index (χ3v) is 4.48. The Kier molecular flexibility index (Phi) is 3.60. The summed E-state index contributed by atoms with van der Waals surface area (Å²) < 4.78 is 16.4. The number of carbonyl (C=O) groups excluding carboxylic acids is 1. The maximum absolute atomic E-state index is 12.4. The van der Waals surface area contributed by atoms with Gasteiger partial charge in [-0.05, 0) is 31.0 Å². The van der Waals surface area contributed by atoms with Gasteiger partial charge in [0, 0.05) is 12.1 Å². The summed E-state index contributed by atoms with van der Waals surface area (Å²) in [5.41, 5.74) is -0.0968. The molecule has 1 saturated carbocycles. The molecule has 0 saturated heterocycles. The lowest BCUT2D eigenvalue weighted by atomic mass is 10.1. The molecule has 1 amide bonds. The number of amides is 1. The average Bonchev–Trinajstić information content (AvgIpc) is 3.27. The van der Waals surface area contributed by atoms with Crippen molar-refractivity contribution < 1.29 is 28.6 Å². The van der Waals surface area contributed by atoms with Crippen LogP contribution in [0.3, 0.4) is 0 Å². The van der Waals surface area contributed by atoms with Crippen LogP contribution >= 0.6 is 0 Å². The van der Waals surface area contributed by atoms with Gasteiger partial charge in [-0.15, -0.1) is 0 Å². The molecule has 0 unspecified atom stereocenters. The Balaban J connectivity index is 1.54. The second-order valence-electron chi connectivity index (χ2n) is 6.16. The fourth-order valence-corrected chi connectivity index (χ4v) is 2.75. The molecule has 0 radical (unpaired) electrons. The van der Waals surface area contributed by atoms with E-state index in [0.717, 1.165) is 0 Å². The van der Waals surface area contributed by atoms with E-state index in [2.05, 4.69) is 10.3 Å². The predicted octanol–water partition coefficient (Wildman–Crippen LogP) is 1.71. The summed E-state index contributed by atoms with van der Waals surface area (Å²) in [4.78, 5) is 27.6. The lowest BCUT2D eigenvalue weighted by molar-refractivity contribution is -0.143. The van der Waals surface area contributed by atoms with Gasteiger partial charge < -0.3 is 24.3 Å². The Morgan fingerprint density at radius 2 is 1.96 bits per heavy atom. The monoisotopic (exact) mass is 344 g/mol. The number of carboxylic acids is 1. The number of oxazole rings is 1. The summed E-state index contributed by atoms with van der Waals surface area (Å²) in [7, 11) is 0. The van der Waals surface area contributed by atoms with Crippen LogP contribution in [0, 0.1) is 5.41 Å². The van der Waals surface area contributed by atoms with Crippen LogP contribution in [0.5, 0.6) is 11.5 Å². The highest BCUT2D eigenvalue weighted by molar-refractivity contribution is 5.98. The Labute approximate surface area is 142 Å². The van der Waals surface area contributed by atoms with Crippen molar-refractivity contribution in [3.8, 4) is 22.8 Å². The number of nitrogens with zero attached hydrogens (tertiary/aromatic N) is 1. The summed E-state index contributed by atoms with van der Waals surface area (Å²) in [5, 5.41) is 11.8. The van der Waals surface area contributed by atoms with Gasteiger partial charge in [-0.25, -0.2) is 4.98 Å². The molecule has 8 nitrogen and oxygen atoms in total. The maximum Gasteiger partial charge on any atom is 0.311 e. The van der Waals surface area contributed by atoms with E-state index in [1.807, 2.05) is 0 Å². The third-order valence-electron chi connectivity index (χ3n) is 4.48. The molecule has 2 aliphatic rings. The fourth-order valence-electron chi connectivity index (χ4n) is 2.75. The Morgan fingerprint density at radius 3 is 2.68 bits per heavy atom. The number of carboxylic acid groups (broad SMARTS) is 1. The van der Waals surface area contributed by atoms with Crippen molar-refractivity contribution >= 4 is 11.9 Å². The van der Waals surface area contributed by atoms with Crippen LogP contribution in [0.1, 0.15) is 23.3 Å². The molecule has 2 aromatic rings. The van der Waals surface area contributed by atoms with Crippen LogP contribution < -0.4 is 14.8 Å². The predicted molar refractivity (Wildman–Crippen MR) is 84.6 cm³/mol. The summed E-state index contributed by atoms with van der Waals surface area (Å²) in [6, 6.07) is 5.23. The second-order valence-corrected chi connectivity index (χ2v) is 6.16. The molecule has 1 aromatic heterocycles. The van der Waals surface area contributed by atoms with Gasteiger partial charge in [0.2, 0.25) is 0 Å². The quantitative estimate of drug-likeness (QED) is 0.849. The van der Waals surface area contributed by atoms with E-state index in [9.17, 15) is 14.7 Å². The highest BCUT2D eigenvalue weighted by atomic mass is 16.6. The van der Waals surface area contributed by atoms with Gasteiger partial charge in [0.1, 0.15) is 13.2 Å². The topological polar surface area (TPSA) is 111 Å². The smallest absolute Gasteiger partial charge is 0.311 e. The molecule has 0 bridgehead atoms. The molecular formula is C17H16N2O6. The lowest BCUT2D eigenvalue weighted by Crippen LogP contribution is -2.34. The number of nitrogens with one attached hydrogen (secondary N) is 1. The molecular weight excluding hydrogens is 328 g/mol. The summed E-state index contributed by atoms with van der Waals surface area (Å²) in [6.45, 7) is 1.03. The lowest BCUT2D eigenvalue weighted by Gasteiger charge is -2.18. The van der Waals surface area contributed by atoms with E-state index >= 15 is 0 Å². The number of ether oxygens (including phenoxy) is 2. The van der Waals surface area contributed by atoms with Crippen molar-refractivity contribution in [2.24, 2.45) is 5.41 Å². The van der Waals surface area contributed by atoms with E-state index in [1.54, 1.807) is 18.2 Å². The van der Waals surface area contributed by atoms with Gasteiger partial charge >= 0.3 is 5.97 Å². The zero-order valence-corrected chi connectivity index (χ0v) is 13.3. The molecule has 130 valence electrons. The zero-order valence-electron chi connectivity index (χ0n) is 13.3. The molecule has 1 aromatic carbocycles. The first-order valence-corrected chi connectivity index (χ1v) is 7.94. The Hall–Kier alpha value is -3.03. The van der Waals surface area contributed by atoms with Gasteiger partial charge in [0.25, 0.3) is 5.91 Å². The van der Waals surface area contributed by atoms with Crippen LogP contribution in [0.15, 0.2) is 29.0 Å². The maximum atomic E-state index is 12.4. The standard InChI is InChI=1S/C17H16N2O6/c20-15(18-8-17(3-4-17)16(21)22)13-14(25-9-19-13)10-1-2-11-12(7-10)24-6-5-23-11/h1-2,7,9H,3-6,8H2,(H,18,20)(H,21,22). The van der Waals surface area contributed by atoms with E-state index in [4.69, 9.17) is 13.9 Å². The summed E-state index contributed by atoms with van der Waals surface area (Å²) in [5.74, 6) is 0.160. The number of aromatic nitrogens is 1. The molecule has 1 aliphatic carbocycles. The molecule has 4 rings (SSSR count). The summed E-state index contributed by atoms with van der Waals surface area (Å²) in [6.07, 6.45) is 2.32. The number of hydrogen-bond acceptors (Lipinski definition) is 6. The van der Waals surface area contributed by atoms with Gasteiger partial charge in [-0.2, -0.15) is 0 Å². The largest absolute Gasteiger partial charge is 0.486 e. The van der Waals surface area contributed by atoms with Crippen molar-refractivity contribution in [1.29, 1.82) is 0 Å². The first-order chi connectivity index (χ1) is 12.1. The number of hydrogen-bond donors (Lipinski definition) is 2.